The molecule has 0 saturated carbocycles. The average Bonchev–Trinajstić information content (AvgIpc) is 2.53. The highest BCUT2D eigenvalue weighted by molar-refractivity contribution is 6.13. The van der Waals surface area contributed by atoms with Crippen LogP contribution in [0.25, 0.3) is 28.1 Å². The van der Waals surface area contributed by atoms with Crippen molar-refractivity contribution < 1.29 is 4.79 Å². The van der Waals surface area contributed by atoms with Crippen LogP contribution >= 0.6 is 0 Å². The van der Waals surface area contributed by atoms with Gasteiger partial charge in [-0.15, -0.1) is 0 Å². The molecule has 0 fully saturated rings. The van der Waals surface area contributed by atoms with Crippen LogP contribution in [0.15, 0.2) is 54.6 Å². The molecule has 0 aliphatic heterocycles. The summed E-state index contributed by atoms with van der Waals surface area (Å²) in [6, 6.07) is 15.6. The van der Waals surface area contributed by atoms with Crippen LogP contribution in [0.4, 0.5) is 5.69 Å². The zero-order valence-corrected chi connectivity index (χ0v) is 11.9. The van der Waals surface area contributed by atoms with E-state index in [4.69, 9.17) is 5.73 Å². The lowest BCUT2D eigenvalue weighted by molar-refractivity contribution is 0.0995. The number of benzene rings is 2. The standard InChI is InChI=1S/C19H14N2O/c20-13-6-3-5-12(11-13)18-14-7-1-2-8-15(14)21-16-9-4-10-17(22)19(16)18/h1-9,11H,10,20H2. The number of ketones is 1. The number of nitrogen functional groups attached to an aromatic ring is 1. The zero-order valence-electron chi connectivity index (χ0n) is 11.9. The van der Waals surface area contributed by atoms with E-state index in [9.17, 15) is 4.79 Å². The van der Waals surface area contributed by atoms with E-state index in [1.165, 1.54) is 0 Å². The van der Waals surface area contributed by atoms with Crippen LogP contribution < -0.4 is 5.73 Å². The maximum Gasteiger partial charge on any atom is 0.169 e. The number of rotatable bonds is 1. The largest absolute Gasteiger partial charge is 0.399 e. The summed E-state index contributed by atoms with van der Waals surface area (Å²) < 4.78 is 0. The Morgan fingerprint density at radius 2 is 1.86 bits per heavy atom. The second kappa shape index (κ2) is 4.81. The molecule has 2 N–H and O–H groups in total. The summed E-state index contributed by atoms with van der Waals surface area (Å²) >= 11 is 0. The number of anilines is 1. The third-order valence-corrected chi connectivity index (χ3v) is 3.95. The fourth-order valence-corrected chi connectivity index (χ4v) is 3.01. The molecule has 0 radical (unpaired) electrons. The van der Waals surface area contributed by atoms with Gasteiger partial charge in [-0.3, -0.25) is 4.79 Å². The highest BCUT2D eigenvalue weighted by Gasteiger charge is 2.22. The Hall–Kier alpha value is -2.94. The monoisotopic (exact) mass is 286 g/mol. The number of pyridine rings is 1. The molecule has 1 aliphatic rings. The Balaban J connectivity index is 2.17. The summed E-state index contributed by atoms with van der Waals surface area (Å²) in [7, 11) is 0. The SMILES string of the molecule is Nc1cccc(-c2c3c(nc4ccccc24)C=CCC3=O)c1. The van der Waals surface area contributed by atoms with E-state index in [1.807, 2.05) is 60.7 Å². The minimum absolute atomic E-state index is 0.105. The summed E-state index contributed by atoms with van der Waals surface area (Å²) in [6.45, 7) is 0. The fraction of sp³-hybridized carbons (Fsp3) is 0.0526. The number of Topliss-reactive ketones (excluding diaryl/α,β-unsaturated/α-hetero) is 1. The average molecular weight is 286 g/mol. The Morgan fingerprint density at radius 3 is 2.73 bits per heavy atom. The fourth-order valence-electron chi connectivity index (χ4n) is 3.01. The van der Waals surface area contributed by atoms with Crippen LogP contribution in [0, 0.1) is 0 Å². The maximum atomic E-state index is 12.5. The van der Waals surface area contributed by atoms with Gasteiger partial charge in [-0.2, -0.15) is 0 Å². The second-order valence-corrected chi connectivity index (χ2v) is 5.42. The number of nitrogens with zero attached hydrogens (tertiary/aromatic N) is 1. The van der Waals surface area contributed by atoms with Crippen molar-refractivity contribution in [1.29, 1.82) is 0 Å². The van der Waals surface area contributed by atoms with Gasteiger partial charge in [-0.1, -0.05) is 36.4 Å². The van der Waals surface area contributed by atoms with Crippen LogP contribution in [0.3, 0.4) is 0 Å². The molecule has 2 aromatic carbocycles. The topological polar surface area (TPSA) is 56.0 Å². The zero-order chi connectivity index (χ0) is 15.1. The van der Waals surface area contributed by atoms with Gasteiger partial charge >= 0.3 is 0 Å². The molecule has 0 atom stereocenters. The maximum absolute atomic E-state index is 12.5. The van der Waals surface area contributed by atoms with Gasteiger partial charge in [0.1, 0.15) is 0 Å². The van der Waals surface area contributed by atoms with Crippen LogP contribution in [0.1, 0.15) is 22.5 Å². The lowest BCUT2D eigenvalue weighted by Gasteiger charge is -2.17. The van der Waals surface area contributed by atoms with Crippen molar-refractivity contribution in [1.82, 2.24) is 4.98 Å². The normalized spacial score (nSPS) is 13.4. The summed E-state index contributed by atoms with van der Waals surface area (Å²) in [4.78, 5) is 17.1. The van der Waals surface area contributed by atoms with Gasteiger partial charge in [-0.25, -0.2) is 4.98 Å². The van der Waals surface area contributed by atoms with Gasteiger partial charge in [0.25, 0.3) is 0 Å². The predicted octanol–water partition coefficient (Wildman–Crippen LogP) is 4.08. The number of hydrogen-bond donors (Lipinski definition) is 1. The van der Waals surface area contributed by atoms with Gasteiger partial charge in [0.05, 0.1) is 16.8 Å². The Morgan fingerprint density at radius 1 is 1.00 bits per heavy atom. The first-order valence-corrected chi connectivity index (χ1v) is 7.22. The van der Waals surface area contributed by atoms with E-state index < -0.39 is 0 Å². The van der Waals surface area contributed by atoms with E-state index in [-0.39, 0.29) is 5.78 Å². The number of carbonyl (C=O) groups is 1. The molecule has 0 amide bonds. The molecule has 0 spiro atoms. The van der Waals surface area contributed by atoms with Crippen molar-refractivity contribution in [2.24, 2.45) is 0 Å². The van der Waals surface area contributed by atoms with Crippen LogP contribution in [0.5, 0.6) is 0 Å². The molecule has 1 aromatic heterocycles. The highest BCUT2D eigenvalue weighted by atomic mass is 16.1. The molecular formula is C19H14N2O. The molecule has 0 saturated heterocycles. The van der Waals surface area contributed by atoms with Crippen molar-refractivity contribution >= 4 is 28.4 Å². The van der Waals surface area contributed by atoms with Crippen molar-refractivity contribution in [2.75, 3.05) is 5.73 Å². The smallest absolute Gasteiger partial charge is 0.169 e. The highest BCUT2D eigenvalue weighted by Crippen LogP contribution is 2.36. The molecule has 0 unspecified atom stereocenters. The molecule has 3 nitrogen and oxygen atoms in total. The van der Waals surface area contributed by atoms with Gasteiger partial charge in [-0.05, 0) is 29.8 Å². The number of allylic oxidation sites excluding steroid dienone is 1. The number of nitrogens with two attached hydrogens (primary N) is 1. The van der Waals surface area contributed by atoms with Crippen LogP contribution in [-0.4, -0.2) is 10.8 Å². The lowest BCUT2D eigenvalue weighted by Crippen LogP contribution is -2.09. The van der Waals surface area contributed by atoms with E-state index >= 15 is 0 Å². The quantitative estimate of drug-likeness (QED) is 0.686. The van der Waals surface area contributed by atoms with E-state index in [0.717, 1.165) is 27.7 Å². The van der Waals surface area contributed by atoms with Crippen molar-refractivity contribution in [2.45, 2.75) is 6.42 Å². The number of para-hydroxylation sites is 1. The number of fused-ring (bicyclic) bond motifs is 2. The molecule has 106 valence electrons. The van der Waals surface area contributed by atoms with E-state index in [1.54, 1.807) is 0 Å². The van der Waals surface area contributed by atoms with Gasteiger partial charge in [0, 0.05) is 23.1 Å². The van der Waals surface area contributed by atoms with Gasteiger partial charge < -0.3 is 5.73 Å². The Bertz CT molecular complexity index is 941. The van der Waals surface area contributed by atoms with Gasteiger partial charge in [0.2, 0.25) is 0 Å². The third kappa shape index (κ3) is 1.91. The van der Waals surface area contributed by atoms with Crippen LogP contribution in [0.2, 0.25) is 0 Å². The molecule has 0 bridgehead atoms. The summed E-state index contributed by atoms with van der Waals surface area (Å²) in [6.07, 6.45) is 4.22. The molecule has 1 aliphatic carbocycles. The van der Waals surface area contributed by atoms with Crippen LogP contribution in [-0.2, 0) is 0 Å². The molecule has 22 heavy (non-hydrogen) atoms. The first-order valence-electron chi connectivity index (χ1n) is 7.22. The molecular weight excluding hydrogens is 272 g/mol. The first kappa shape index (κ1) is 12.8. The van der Waals surface area contributed by atoms with Crippen molar-refractivity contribution in [3.05, 3.63) is 65.9 Å². The first-order chi connectivity index (χ1) is 10.7. The van der Waals surface area contributed by atoms with Gasteiger partial charge in [0.15, 0.2) is 5.78 Å². The van der Waals surface area contributed by atoms with E-state index in [0.29, 0.717) is 17.7 Å². The van der Waals surface area contributed by atoms with Crippen molar-refractivity contribution in [3.63, 3.8) is 0 Å². The summed E-state index contributed by atoms with van der Waals surface area (Å²) in [5.41, 5.74) is 10.8. The summed E-state index contributed by atoms with van der Waals surface area (Å²) in [5.74, 6) is 0.105. The number of hydrogen-bond acceptors (Lipinski definition) is 3. The number of aromatic nitrogens is 1. The molecule has 3 aromatic rings. The second-order valence-electron chi connectivity index (χ2n) is 5.42. The Labute approximate surface area is 128 Å². The van der Waals surface area contributed by atoms with E-state index in [2.05, 4.69) is 4.98 Å². The summed E-state index contributed by atoms with van der Waals surface area (Å²) in [5, 5.41) is 0.982. The minimum Gasteiger partial charge on any atom is -0.399 e. The molecule has 4 rings (SSSR count). The van der Waals surface area contributed by atoms with Crippen molar-refractivity contribution in [3.8, 4) is 11.1 Å². The molecule has 3 heteroatoms. The predicted molar refractivity (Wildman–Crippen MR) is 89.6 cm³/mol. The minimum atomic E-state index is 0.105. The third-order valence-electron chi connectivity index (χ3n) is 3.95. The lowest BCUT2D eigenvalue weighted by atomic mass is 9.88. The Kier molecular flexibility index (Phi) is 2.79. The number of carbonyl (C=O) groups excluding carboxylic acids is 1. The molecule has 1 heterocycles.